The van der Waals surface area contributed by atoms with Gasteiger partial charge in [-0.2, -0.15) is 13.2 Å². The zero-order chi connectivity index (χ0) is 21.2. The van der Waals surface area contributed by atoms with Gasteiger partial charge in [0, 0.05) is 16.5 Å². The Labute approximate surface area is 173 Å². The van der Waals surface area contributed by atoms with Crippen LogP contribution in [-0.2, 0) is 27.1 Å². The number of nitrogens with zero attached hydrogens (tertiary/aromatic N) is 2. The fraction of sp³-hybridized carbons (Fsp3) is 0.211. The molecule has 10 heteroatoms. The number of alkyl halides is 4. The highest BCUT2D eigenvalue weighted by molar-refractivity contribution is 6.54. The molecule has 152 valence electrons. The normalized spacial score (nSPS) is 15.0. The minimum Gasteiger partial charge on any atom is -0.317 e. The molecule has 0 N–H and O–H groups in total. The van der Waals surface area contributed by atoms with Gasteiger partial charge in [0.25, 0.3) is 5.91 Å². The molecular formula is C19H13Cl2F3N2O3. The molecule has 29 heavy (non-hydrogen) atoms. The Hall–Kier alpha value is -2.58. The van der Waals surface area contributed by atoms with Gasteiger partial charge in [-0.05, 0) is 35.9 Å². The van der Waals surface area contributed by atoms with E-state index in [-0.39, 0.29) is 30.1 Å². The van der Waals surface area contributed by atoms with E-state index in [1.54, 1.807) is 6.07 Å². The Morgan fingerprint density at radius 3 is 2.62 bits per heavy atom. The van der Waals surface area contributed by atoms with E-state index < -0.39 is 23.6 Å². The lowest BCUT2D eigenvalue weighted by atomic mass is 10.1. The van der Waals surface area contributed by atoms with Crippen molar-refractivity contribution in [1.82, 2.24) is 0 Å². The molecule has 1 heterocycles. The van der Waals surface area contributed by atoms with E-state index in [9.17, 15) is 22.8 Å². The van der Waals surface area contributed by atoms with E-state index in [4.69, 9.17) is 28.0 Å². The summed E-state index contributed by atoms with van der Waals surface area (Å²) in [4.78, 5) is 30.3. The molecular weight excluding hydrogens is 432 g/mol. The number of carbonyl (C=O) groups is 2. The maximum absolute atomic E-state index is 13.0. The van der Waals surface area contributed by atoms with Crippen LogP contribution in [0.25, 0.3) is 0 Å². The van der Waals surface area contributed by atoms with Crippen molar-refractivity contribution < 1.29 is 27.6 Å². The molecule has 1 amide bonds. The van der Waals surface area contributed by atoms with Gasteiger partial charge >= 0.3 is 12.1 Å². The third-order valence-electron chi connectivity index (χ3n) is 4.08. The van der Waals surface area contributed by atoms with Gasteiger partial charge in [0.2, 0.25) is 0 Å². The number of hydrogen-bond donors (Lipinski definition) is 0. The summed E-state index contributed by atoms with van der Waals surface area (Å²) in [6.45, 7) is -0.133. The Bertz CT molecular complexity index is 993. The van der Waals surface area contributed by atoms with Gasteiger partial charge in [0.15, 0.2) is 5.71 Å². The number of rotatable bonds is 5. The highest BCUT2D eigenvalue weighted by Crippen LogP contribution is 2.34. The molecule has 0 aromatic heterocycles. The van der Waals surface area contributed by atoms with Gasteiger partial charge in [-0.15, -0.1) is 11.6 Å². The Morgan fingerprint density at radius 1 is 1.17 bits per heavy atom. The number of halogens is 5. The molecule has 1 aliphatic rings. The number of amides is 1. The maximum atomic E-state index is 13.0. The quantitative estimate of drug-likeness (QED) is 0.378. The number of oxime groups is 1. The van der Waals surface area contributed by atoms with Crippen LogP contribution in [0.4, 0.5) is 18.9 Å². The van der Waals surface area contributed by atoms with Crippen LogP contribution < -0.4 is 4.90 Å². The van der Waals surface area contributed by atoms with Crippen LogP contribution in [-0.4, -0.2) is 23.5 Å². The van der Waals surface area contributed by atoms with Crippen molar-refractivity contribution in [3.05, 3.63) is 64.2 Å². The SMILES string of the molecule is O=C(CCCl)O/N=C1/C(=O)N(Cc2cccc(C(F)(F)F)c2)c2ccc(Cl)cc21. The van der Waals surface area contributed by atoms with Crippen LogP contribution in [0.2, 0.25) is 5.02 Å². The summed E-state index contributed by atoms with van der Waals surface area (Å²) in [6, 6.07) is 9.22. The lowest BCUT2D eigenvalue weighted by Crippen LogP contribution is -2.30. The molecule has 0 bridgehead atoms. The zero-order valence-corrected chi connectivity index (χ0v) is 16.2. The first kappa shape index (κ1) is 21.1. The predicted molar refractivity (Wildman–Crippen MR) is 102 cm³/mol. The van der Waals surface area contributed by atoms with Crippen LogP contribution in [0, 0.1) is 0 Å². The lowest BCUT2D eigenvalue weighted by molar-refractivity contribution is -0.143. The van der Waals surface area contributed by atoms with Crippen molar-refractivity contribution in [3.8, 4) is 0 Å². The average molecular weight is 445 g/mol. The van der Waals surface area contributed by atoms with Gasteiger partial charge in [0.05, 0.1) is 24.2 Å². The summed E-state index contributed by atoms with van der Waals surface area (Å²) in [5.41, 5.74) is -0.00849. The molecule has 0 spiro atoms. The molecule has 1 aliphatic heterocycles. The molecule has 2 aromatic carbocycles. The molecule has 0 saturated carbocycles. The first-order valence-electron chi connectivity index (χ1n) is 8.32. The van der Waals surface area contributed by atoms with E-state index in [1.807, 2.05) is 0 Å². The van der Waals surface area contributed by atoms with Crippen LogP contribution >= 0.6 is 23.2 Å². The fourth-order valence-electron chi connectivity index (χ4n) is 2.78. The van der Waals surface area contributed by atoms with E-state index >= 15 is 0 Å². The lowest BCUT2D eigenvalue weighted by Gasteiger charge is -2.18. The topological polar surface area (TPSA) is 59.0 Å². The third-order valence-corrected chi connectivity index (χ3v) is 4.51. The largest absolute Gasteiger partial charge is 0.416 e. The van der Waals surface area contributed by atoms with Crippen LogP contribution in [0.5, 0.6) is 0 Å². The minimum atomic E-state index is -4.50. The minimum absolute atomic E-state index is 0.0295. The number of carbonyl (C=O) groups excluding carboxylic acids is 2. The Morgan fingerprint density at radius 2 is 1.93 bits per heavy atom. The van der Waals surface area contributed by atoms with Crippen molar-refractivity contribution in [1.29, 1.82) is 0 Å². The van der Waals surface area contributed by atoms with Crippen molar-refractivity contribution >= 4 is 46.5 Å². The predicted octanol–water partition coefficient (Wildman–Crippen LogP) is 4.78. The Kier molecular flexibility index (Phi) is 6.14. The molecule has 2 aromatic rings. The van der Waals surface area contributed by atoms with Crippen LogP contribution in [0.15, 0.2) is 47.6 Å². The summed E-state index contributed by atoms with van der Waals surface area (Å²) in [6.07, 6.45) is -4.59. The fourth-order valence-corrected chi connectivity index (χ4v) is 3.11. The van der Waals surface area contributed by atoms with Crippen molar-refractivity contribution in [2.75, 3.05) is 10.8 Å². The van der Waals surface area contributed by atoms with E-state index in [1.165, 1.54) is 29.2 Å². The van der Waals surface area contributed by atoms with Gasteiger partial charge in [-0.3, -0.25) is 4.79 Å². The second-order valence-corrected chi connectivity index (χ2v) is 6.91. The van der Waals surface area contributed by atoms with Crippen LogP contribution in [0.1, 0.15) is 23.1 Å². The van der Waals surface area contributed by atoms with E-state index in [2.05, 4.69) is 5.16 Å². The Balaban J connectivity index is 1.94. The second kappa shape index (κ2) is 8.42. The summed E-state index contributed by atoms with van der Waals surface area (Å²) in [5, 5.41) is 3.95. The van der Waals surface area contributed by atoms with Crippen molar-refractivity contribution in [3.63, 3.8) is 0 Å². The molecule has 3 rings (SSSR count). The van der Waals surface area contributed by atoms with Crippen molar-refractivity contribution in [2.45, 2.75) is 19.1 Å². The molecule has 0 radical (unpaired) electrons. The van der Waals surface area contributed by atoms with Gasteiger partial charge in [0.1, 0.15) is 0 Å². The molecule has 0 aliphatic carbocycles. The highest BCUT2D eigenvalue weighted by atomic mass is 35.5. The molecule has 0 unspecified atom stereocenters. The number of anilines is 1. The summed E-state index contributed by atoms with van der Waals surface area (Å²) < 4.78 is 38.9. The smallest absolute Gasteiger partial charge is 0.317 e. The van der Waals surface area contributed by atoms with Gasteiger partial charge in [-0.1, -0.05) is 28.9 Å². The third kappa shape index (κ3) is 4.71. The highest BCUT2D eigenvalue weighted by Gasteiger charge is 2.36. The summed E-state index contributed by atoms with van der Waals surface area (Å²) in [7, 11) is 0. The maximum Gasteiger partial charge on any atom is 0.416 e. The van der Waals surface area contributed by atoms with Gasteiger partial charge in [-0.25, -0.2) is 4.79 Å². The molecule has 0 fully saturated rings. The average Bonchev–Trinajstić information content (AvgIpc) is 2.90. The standard InChI is InChI=1S/C19H13Cl2F3N2O3/c20-7-6-16(27)29-25-17-14-9-13(21)4-5-15(14)26(18(17)28)10-11-2-1-3-12(8-11)19(22,23)24/h1-5,8-9H,6-7,10H2/b25-17+. The second-order valence-electron chi connectivity index (χ2n) is 6.09. The van der Waals surface area contributed by atoms with Crippen molar-refractivity contribution in [2.24, 2.45) is 5.16 Å². The zero-order valence-electron chi connectivity index (χ0n) is 14.7. The first-order valence-corrected chi connectivity index (χ1v) is 9.23. The number of fused-ring (bicyclic) bond motifs is 1. The molecule has 0 atom stereocenters. The van der Waals surface area contributed by atoms with E-state index in [0.29, 0.717) is 16.3 Å². The number of benzene rings is 2. The van der Waals surface area contributed by atoms with Crippen LogP contribution in [0.3, 0.4) is 0 Å². The summed E-state index contributed by atoms with van der Waals surface area (Å²) in [5.74, 6) is -1.32. The molecule has 5 nitrogen and oxygen atoms in total. The number of hydrogen-bond acceptors (Lipinski definition) is 4. The van der Waals surface area contributed by atoms with E-state index in [0.717, 1.165) is 12.1 Å². The first-order chi connectivity index (χ1) is 13.7. The monoisotopic (exact) mass is 444 g/mol. The van der Waals surface area contributed by atoms with Gasteiger partial charge < -0.3 is 9.74 Å². The molecule has 0 saturated heterocycles. The summed E-state index contributed by atoms with van der Waals surface area (Å²) >= 11 is 11.5.